The first-order chi connectivity index (χ1) is 8.52. The lowest BCUT2D eigenvalue weighted by Gasteiger charge is -2.11. The van der Waals surface area contributed by atoms with Gasteiger partial charge >= 0.3 is 5.97 Å². The predicted octanol–water partition coefficient (Wildman–Crippen LogP) is 3.28. The monoisotopic (exact) mass is 250 g/mol. The van der Waals surface area contributed by atoms with Crippen LogP contribution in [0, 0.1) is 6.92 Å². The molecule has 0 amide bonds. The molecule has 0 N–H and O–H groups in total. The molecule has 0 aromatic heterocycles. The molecular weight excluding hydrogens is 228 g/mol. The lowest BCUT2D eigenvalue weighted by atomic mass is 10.1. The van der Waals surface area contributed by atoms with Crippen LogP contribution in [0.3, 0.4) is 0 Å². The Morgan fingerprint density at radius 1 is 1.33 bits per heavy atom. The van der Waals surface area contributed by atoms with Gasteiger partial charge < -0.3 is 9.47 Å². The summed E-state index contributed by atoms with van der Waals surface area (Å²) in [5.74, 6) is 0.672. The van der Waals surface area contributed by atoms with Crippen LogP contribution in [-0.2, 0) is 16.0 Å². The minimum Gasteiger partial charge on any atom is -0.494 e. The first-order valence-corrected chi connectivity index (χ1v) is 6.44. The number of carbonyl (C=O) groups is 1. The smallest absolute Gasteiger partial charge is 0.310 e. The summed E-state index contributed by atoms with van der Waals surface area (Å²) >= 11 is 0. The first-order valence-electron chi connectivity index (χ1n) is 6.44. The molecule has 0 aliphatic carbocycles. The number of rotatable bonds is 6. The molecule has 0 spiro atoms. The summed E-state index contributed by atoms with van der Waals surface area (Å²) in [5, 5.41) is 0. The van der Waals surface area contributed by atoms with E-state index in [2.05, 4.69) is 6.92 Å². The predicted molar refractivity (Wildman–Crippen MR) is 71.9 cm³/mol. The highest BCUT2D eigenvalue weighted by atomic mass is 16.5. The van der Waals surface area contributed by atoms with Gasteiger partial charge in [-0.2, -0.15) is 0 Å². The molecular formula is C15H22O3. The highest BCUT2D eigenvalue weighted by molar-refractivity contribution is 5.73. The van der Waals surface area contributed by atoms with Crippen LogP contribution >= 0.6 is 0 Å². The van der Waals surface area contributed by atoms with Crippen molar-refractivity contribution in [3.05, 3.63) is 29.3 Å². The van der Waals surface area contributed by atoms with Gasteiger partial charge in [0.25, 0.3) is 0 Å². The molecule has 0 radical (unpaired) electrons. The number of hydrogen-bond acceptors (Lipinski definition) is 3. The Morgan fingerprint density at radius 2 is 2.06 bits per heavy atom. The third-order valence-electron chi connectivity index (χ3n) is 2.49. The van der Waals surface area contributed by atoms with E-state index < -0.39 is 0 Å². The van der Waals surface area contributed by atoms with Gasteiger partial charge in [-0.3, -0.25) is 4.79 Å². The molecule has 100 valence electrons. The topological polar surface area (TPSA) is 35.5 Å². The third-order valence-corrected chi connectivity index (χ3v) is 2.49. The molecule has 0 atom stereocenters. The highest BCUT2D eigenvalue weighted by Gasteiger charge is 2.09. The fraction of sp³-hybridized carbons (Fsp3) is 0.533. The molecule has 0 aliphatic rings. The van der Waals surface area contributed by atoms with E-state index in [1.807, 2.05) is 39.0 Å². The number of benzene rings is 1. The van der Waals surface area contributed by atoms with Crippen LogP contribution < -0.4 is 4.74 Å². The van der Waals surface area contributed by atoms with Crippen molar-refractivity contribution in [1.29, 1.82) is 0 Å². The second kappa shape index (κ2) is 7.04. The zero-order valence-corrected chi connectivity index (χ0v) is 11.7. The lowest BCUT2D eigenvalue weighted by molar-refractivity contribution is -0.146. The van der Waals surface area contributed by atoms with Crippen molar-refractivity contribution in [3.8, 4) is 5.75 Å². The van der Waals surface area contributed by atoms with Crippen LogP contribution in [-0.4, -0.2) is 18.7 Å². The van der Waals surface area contributed by atoms with Gasteiger partial charge in [0.1, 0.15) is 5.75 Å². The maximum Gasteiger partial charge on any atom is 0.310 e. The molecule has 0 saturated heterocycles. The molecule has 3 heteroatoms. The molecule has 1 rings (SSSR count). The van der Waals surface area contributed by atoms with Crippen LogP contribution in [0.4, 0.5) is 0 Å². The van der Waals surface area contributed by atoms with Crippen LogP contribution in [0.15, 0.2) is 18.2 Å². The van der Waals surface area contributed by atoms with E-state index in [1.165, 1.54) is 0 Å². The molecule has 0 unspecified atom stereocenters. The van der Waals surface area contributed by atoms with E-state index in [4.69, 9.17) is 9.47 Å². The maximum absolute atomic E-state index is 11.6. The van der Waals surface area contributed by atoms with Gasteiger partial charge in [-0.15, -0.1) is 0 Å². The molecule has 0 aliphatic heterocycles. The standard InChI is InChI=1S/C15H22O3/c1-5-8-17-14-7-6-13(12(4)9-14)10-15(16)18-11(2)3/h6-7,9,11H,5,8,10H2,1-4H3. The number of esters is 1. The Kier molecular flexibility index (Phi) is 5.69. The van der Waals surface area contributed by atoms with Crippen molar-refractivity contribution in [2.75, 3.05) is 6.61 Å². The first kappa shape index (κ1) is 14.6. The molecule has 0 saturated carbocycles. The molecule has 0 bridgehead atoms. The molecule has 0 heterocycles. The second-order valence-electron chi connectivity index (χ2n) is 4.65. The minimum absolute atomic E-state index is 0.0648. The van der Waals surface area contributed by atoms with Gasteiger partial charge in [0.2, 0.25) is 0 Å². The van der Waals surface area contributed by atoms with E-state index >= 15 is 0 Å². The van der Waals surface area contributed by atoms with E-state index in [9.17, 15) is 4.79 Å². The Labute approximate surface area is 109 Å². The molecule has 1 aromatic carbocycles. The fourth-order valence-corrected chi connectivity index (χ4v) is 1.64. The SMILES string of the molecule is CCCOc1ccc(CC(=O)OC(C)C)c(C)c1. The molecule has 1 aromatic rings. The minimum atomic E-state index is -0.185. The van der Waals surface area contributed by atoms with Gasteiger partial charge in [0, 0.05) is 0 Å². The number of hydrogen-bond donors (Lipinski definition) is 0. The van der Waals surface area contributed by atoms with Gasteiger partial charge in [-0.25, -0.2) is 0 Å². The summed E-state index contributed by atoms with van der Waals surface area (Å²) in [4.78, 5) is 11.6. The summed E-state index contributed by atoms with van der Waals surface area (Å²) in [6.07, 6.45) is 1.24. The largest absolute Gasteiger partial charge is 0.494 e. The van der Waals surface area contributed by atoms with E-state index in [-0.39, 0.29) is 12.1 Å². The van der Waals surface area contributed by atoms with E-state index in [0.29, 0.717) is 13.0 Å². The number of aryl methyl sites for hydroxylation is 1. The average molecular weight is 250 g/mol. The van der Waals surface area contributed by atoms with Crippen LogP contribution in [0.5, 0.6) is 5.75 Å². The Balaban J connectivity index is 2.64. The molecule has 3 nitrogen and oxygen atoms in total. The number of ether oxygens (including phenoxy) is 2. The lowest BCUT2D eigenvalue weighted by Crippen LogP contribution is -2.14. The van der Waals surface area contributed by atoms with Crippen molar-refractivity contribution in [1.82, 2.24) is 0 Å². The Bertz CT molecular complexity index is 397. The summed E-state index contributed by atoms with van der Waals surface area (Å²) in [7, 11) is 0. The number of carbonyl (C=O) groups excluding carboxylic acids is 1. The third kappa shape index (κ3) is 4.78. The van der Waals surface area contributed by atoms with Crippen molar-refractivity contribution in [2.45, 2.75) is 46.6 Å². The van der Waals surface area contributed by atoms with Gasteiger partial charge in [0.05, 0.1) is 19.1 Å². The van der Waals surface area contributed by atoms with Crippen molar-refractivity contribution in [2.24, 2.45) is 0 Å². The highest BCUT2D eigenvalue weighted by Crippen LogP contribution is 2.18. The quantitative estimate of drug-likeness (QED) is 0.727. The molecule has 18 heavy (non-hydrogen) atoms. The van der Waals surface area contributed by atoms with E-state index in [1.54, 1.807) is 0 Å². The van der Waals surface area contributed by atoms with Crippen LogP contribution in [0.1, 0.15) is 38.3 Å². The average Bonchev–Trinajstić information content (AvgIpc) is 2.28. The Hall–Kier alpha value is -1.51. The summed E-state index contributed by atoms with van der Waals surface area (Å²) in [6.45, 7) is 8.48. The van der Waals surface area contributed by atoms with Gasteiger partial charge in [-0.05, 0) is 50.5 Å². The van der Waals surface area contributed by atoms with Crippen molar-refractivity contribution in [3.63, 3.8) is 0 Å². The zero-order chi connectivity index (χ0) is 13.5. The second-order valence-corrected chi connectivity index (χ2v) is 4.65. The van der Waals surface area contributed by atoms with Crippen molar-refractivity contribution >= 4 is 5.97 Å². The normalized spacial score (nSPS) is 10.5. The van der Waals surface area contributed by atoms with Crippen molar-refractivity contribution < 1.29 is 14.3 Å². The van der Waals surface area contributed by atoms with Gasteiger partial charge in [0.15, 0.2) is 0 Å². The maximum atomic E-state index is 11.6. The summed E-state index contributed by atoms with van der Waals surface area (Å²) in [6, 6.07) is 5.80. The van der Waals surface area contributed by atoms with Gasteiger partial charge in [-0.1, -0.05) is 13.0 Å². The van der Waals surface area contributed by atoms with E-state index in [0.717, 1.165) is 23.3 Å². The fourth-order valence-electron chi connectivity index (χ4n) is 1.64. The van der Waals surface area contributed by atoms with Crippen LogP contribution in [0.25, 0.3) is 0 Å². The summed E-state index contributed by atoms with van der Waals surface area (Å²) in [5.41, 5.74) is 2.05. The zero-order valence-electron chi connectivity index (χ0n) is 11.7. The Morgan fingerprint density at radius 3 is 2.61 bits per heavy atom. The molecule has 0 fully saturated rings. The van der Waals surface area contributed by atoms with Crippen LogP contribution in [0.2, 0.25) is 0 Å². The summed E-state index contributed by atoms with van der Waals surface area (Å²) < 4.78 is 10.7.